The summed E-state index contributed by atoms with van der Waals surface area (Å²) in [6.07, 6.45) is 6.12. The minimum atomic E-state index is -0.289. The van der Waals surface area contributed by atoms with Crippen LogP contribution in [0.4, 0.5) is 5.69 Å². The predicted octanol–water partition coefficient (Wildman–Crippen LogP) is 2.57. The fraction of sp³-hybridized carbons (Fsp3) is 0. The molecule has 0 fully saturated rings. The summed E-state index contributed by atoms with van der Waals surface area (Å²) in [7, 11) is 0. The van der Waals surface area contributed by atoms with Crippen LogP contribution in [0.2, 0.25) is 5.02 Å². The van der Waals surface area contributed by atoms with Gasteiger partial charge in [0.1, 0.15) is 12.7 Å². The van der Waals surface area contributed by atoms with Crippen LogP contribution in [-0.4, -0.2) is 25.7 Å². The van der Waals surface area contributed by atoms with Gasteiger partial charge in [-0.25, -0.2) is 0 Å². The number of hydrogen-bond donors (Lipinski definition) is 1. The van der Waals surface area contributed by atoms with E-state index in [4.69, 9.17) is 11.6 Å². The number of nitrogens with zero attached hydrogens (tertiary/aromatic N) is 4. The Morgan fingerprint density at radius 1 is 1.19 bits per heavy atom. The van der Waals surface area contributed by atoms with Crippen molar-refractivity contribution >= 4 is 23.2 Å². The molecule has 3 rings (SSSR count). The van der Waals surface area contributed by atoms with Crippen LogP contribution in [0.3, 0.4) is 0 Å². The number of nitrogens with one attached hydrogen (secondary N) is 1. The molecule has 0 spiro atoms. The molecular weight excluding hydrogens is 290 g/mol. The molecule has 21 heavy (non-hydrogen) atoms. The number of benzene rings is 1. The number of aromatic nitrogens is 4. The number of anilines is 1. The topological polar surface area (TPSA) is 72.7 Å². The van der Waals surface area contributed by atoms with Crippen LogP contribution in [0, 0.1) is 0 Å². The van der Waals surface area contributed by atoms with Gasteiger partial charge >= 0.3 is 0 Å². The Bertz CT molecular complexity index is 773. The molecule has 0 aliphatic heterocycles. The molecule has 0 aliphatic carbocycles. The highest BCUT2D eigenvalue weighted by atomic mass is 35.5. The van der Waals surface area contributed by atoms with Gasteiger partial charge in [-0.2, -0.15) is 0 Å². The fourth-order valence-corrected chi connectivity index (χ4v) is 2.04. The van der Waals surface area contributed by atoms with Crippen molar-refractivity contribution in [2.75, 3.05) is 5.32 Å². The van der Waals surface area contributed by atoms with Crippen molar-refractivity contribution in [3.05, 3.63) is 66.0 Å². The third-order valence-corrected chi connectivity index (χ3v) is 3.14. The van der Waals surface area contributed by atoms with E-state index >= 15 is 0 Å². The second kappa shape index (κ2) is 5.72. The molecule has 0 saturated heterocycles. The zero-order valence-electron chi connectivity index (χ0n) is 10.8. The Labute approximate surface area is 125 Å². The van der Waals surface area contributed by atoms with E-state index in [2.05, 4.69) is 20.5 Å². The summed E-state index contributed by atoms with van der Waals surface area (Å²) < 4.78 is 1.75. The van der Waals surface area contributed by atoms with Crippen LogP contribution in [0.15, 0.2) is 55.4 Å². The van der Waals surface area contributed by atoms with Crippen molar-refractivity contribution in [2.24, 2.45) is 0 Å². The molecule has 0 radical (unpaired) electrons. The van der Waals surface area contributed by atoms with Crippen LogP contribution >= 0.6 is 11.6 Å². The molecule has 0 bridgehead atoms. The summed E-state index contributed by atoms with van der Waals surface area (Å²) in [6.45, 7) is 0. The van der Waals surface area contributed by atoms with Crippen molar-refractivity contribution in [1.29, 1.82) is 0 Å². The zero-order chi connectivity index (χ0) is 14.7. The first kappa shape index (κ1) is 13.3. The lowest BCUT2D eigenvalue weighted by atomic mass is 10.2. The Morgan fingerprint density at radius 3 is 2.76 bits per heavy atom. The highest BCUT2D eigenvalue weighted by Crippen LogP contribution is 2.18. The zero-order valence-corrected chi connectivity index (χ0v) is 11.5. The summed E-state index contributed by atoms with van der Waals surface area (Å²) in [5, 5.41) is 10.6. The molecular formula is C14H10ClN5O. The van der Waals surface area contributed by atoms with Gasteiger partial charge in [-0.3, -0.25) is 14.3 Å². The molecule has 0 saturated carbocycles. The average molecular weight is 300 g/mol. The quantitative estimate of drug-likeness (QED) is 0.806. The normalized spacial score (nSPS) is 10.3. The smallest absolute Gasteiger partial charge is 0.257 e. The van der Waals surface area contributed by atoms with Gasteiger partial charge in [-0.15, -0.1) is 10.2 Å². The Balaban J connectivity index is 1.84. The second-order valence-corrected chi connectivity index (χ2v) is 4.64. The third kappa shape index (κ3) is 2.90. The molecule has 2 heterocycles. The minimum absolute atomic E-state index is 0.289. The maximum Gasteiger partial charge on any atom is 0.257 e. The molecule has 7 heteroatoms. The van der Waals surface area contributed by atoms with Crippen LogP contribution in [-0.2, 0) is 0 Å². The van der Waals surface area contributed by atoms with Crippen LogP contribution in [0.25, 0.3) is 5.69 Å². The summed E-state index contributed by atoms with van der Waals surface area (Å²) >= 11 is 5.95. The van der Waals surface area contributed by atoms with Gasteiger partial charge in [0.15, 0.2) is 0 Å². The van der Waals surface area contributed by atoms with E-state index in [1.54, 1.807) is 29.4 Å². The lowest BCUT2D eigenvalue weighted by Crippen LogP contribution is -2.12. The summed E-state index contributed by atoms with van der Waals surface area (Å²) in [6, 6.07) is 8.90. The molecule has 2 aromatic heterocycles. The lowest BCUT2D eigenvalue weighted by Gasteiger charge is -2.08. The average Bonchev–Trinajstić information content (AvgIpc) is 3.02. The Kier molecular flexibility index (Phi) is 3.61. The van der Waals surface area contributed by atoms with E-state index in [1.165, 1.54) is 12.4 Å². The number of amides is 1. The molecule has 6 nitrogen and oxygen atoms in total. The SMILES string of the molecule is O=C(Nc1cccc(-n2cnnc2)c1)c1ccncc1Cl. The maximum absolute atomic E-state index is 12.2. The highest BCUT2D eigenvalue weighted by molar-refractivity contribution is 6.34. The monoisotopic (exact) mass is 299 g/mol. The van der Waals surface area contributed by atoms with E-state index in [0.717, 1.165) is 5.69 Å². The summed E-state index contributed by atoms with van der Waals surface area (Å²) in [5.41, 5.74) is 1.87. The highest BCUT2D eigenvalue weighted by Gasteiger charge is 2.10. The van der Waals surface area contributed by atoms with Crippen molar-refractivity contribution in [2.45, 2.75) is 0 Å². The number of halogens is 1. The van der Waals surface area contributed by atoms with Gasteiger partial charge in [-0.1, -0.05) is 17.7 Å². The lowest BCUT2D eigenvalue weighted by molar-refractivity contribution is 0.102. The summed E-state index contributed by atoms with van der Waals surface area (Å²) in [5.74, 6) is -0.289. The Hall–Kier alpha value is -2.73. The Morgan fingerprint density at radius 2 is 2.00 bits per heavy atom. The summed E-state index contributed by atoms with van der Waals surface area (Å²) in [4.78, 5) is 16.0. The van der Waals surface area contributed by atoms with Gasteiger partial charge in [0.25, 0.3) is 5.91 Å². The minimum Gasteiger partial charge on any atom is -0.322 e. The number of carbonyl (C=O) groups is 1. The number of pyridine rings is 1. The number of hydrogen-bond acceptors (Lipinski definition) is 4. The molecule has 0 atom stereocenters. The number of carbonyl (C=O) groups excluding carboxylic acids is 1. The predicted molar refractivity (Wildman–Crippen MR) is 78.6 cm³/mol. The van der Waals surface area contributed by atoms with E-state index in [9.17, 15) is 4.79 Å². The molecule has 0 aliphatic rings. The standard InChI is InChI=1S/C14H10ClN5O/c15-13-7-16-5-4-12(13)14(21)19-10-2-1-3-11(6-10)20-8-17-18-9-20/h1-9H,(H,19,21). The van der Waals surface area contributed by atoms with Crippen LogP contribution < -0.4 is 5.32 Å². The second-order valence-electron chi connectivity index (χ2n) is 4.23. The fourth-order valence-electron chi connectivity index (χ4n) is 1.84. The van der Waals surface area contributed by atoms with Crippen molar-refractivity contribution in [3.8, 4) is 5.69 Å². The maximum atomic E-state index is 12.2. The first-order valence-corrected chi connectivity index (χ1v) is 6.48. The molecule has 104 valence electrons. The van der Waals surface area contributed by atoms with E-state index in [1.807, 2.05) is 18.2 Å². The first-order chi connectivity index (χ1) is 10.2. The molecule has 3 aromatic rings. The van der Waals surface area contributed by atoms with Gasteiger partial charge in [-0.05, 0) is 24.3 Å². The van der Waals surface area contributed by atoms with E-state index in [0.29, 0.717) is 16.3 Å². The van der Waals surface area contributed by atoms with Gasteiger partial charge in [0.05, 0.1) is 16.3 Å². The molecule has 1 N–H and O–H groups in total. The molecule has 1 amide bonds. The van der Waals surface area contributed by atoms with Gasteiger partial charge < -0.3 is 5.32 Å². The molecule has 1 aromatic carbocycles. The van der Waals surface area contributed by atoms with Crippen LogP contribution in [0.1, 0.15) is 10.4 Å². The first-order valence-electron chi connectivity index (χ1n) is 6.10. The van der Waals surface area contributed by atoms with Crippen molar-refractivity contribution in [3.63, 3.8) is 0 Å². The van der Waals surface area contributed by atoms with Crippen molar-refractivity contribution < 1.29 is 4.79 Å². The van der Waals surface area contributed by atoms with Gasteiger partial charge in [0.2, 0.25) is 0 Å². The largest absolute Gasteiger partial charge is 0.322 e. The van der Waals surface area contributed by atoms with Crippen LogP contribution in [0.5, 0.6) is 0 Å². The number of rotatable bonds is 3. The van der Waals surface area contributed by atoms with Gasteiger partial charge in [0, 0.05) is 18.1 Å². The molecule has 0 unspecified atom stereocenters. The third-order valence-electron chi connectivity index (χ3n) is 2.84. The van der Waals surface area contributed by atoms with Crippen molar-refractivity contribution in [1.82, 2.24) is 19.7 Å². The van der Waals surface area contributed by atoms with E-state index < -0.39 is 0 Å². The van der Waals surface area contributed by atoms with E-state index in [-0.39, 0.29) is 5.91 Å².